The lowest BCUT2D eigenvalue weighted by Crippen LogP contribution is -2.34. The number of hydrogen-bond acceptors (Lipinski definition) is 4. The first-order valence-corrected chi connectivity index (χ1v) is 14.3. The molecule has 27 heavy (non-hydrogen) atoms. The van der Waals surface area contributed by atoms with Crippen LogP contribution < -0.4 is 0 Å². The second-order valence-corrected chi connectivity index (χ2v) is 13.1. The van der Waals surface area contributed by atoms with Crippen LogP contribution in [-0.2, 0) is 18.7 Å². The molecule has 3 unspecified atom stereocenters. The van der Waals surface area contributed by atoms with Gasteiger partial charge < -0.3 is 13.9 Å². The predicted octanol–water partition coefficient (Wildman–Crippen LogP) is 6.01. The largest absolute Gasteiger partial charge is 0.469 e. The number of unbranched alkanes of at least 4 members (excludes halogenated alkanes) is 7. The van der Waals surface area contributed by atoms with Gasteiger partial charge in [-0.15, -0.1) is 0 Å². The molecule has 4 nitrogen and oxygen atoms in total. The standard InChI is InChI=1S/C22H42O4Si/c1-6-7-13-16-19-22(25-19)20(26-27(3,4)5)17-14-11-9-8-10-12-15-18-21(23)24-2/h14,17,19-20,22H,6-13,15-16,18H2,1-5H3/b17-14-. The van der Waals surface area contributed by atoms with E-state index >= 15 is 0 Å². The number of carbonyl (C=O) groups excluding carboxylic acids is 1. The zero-order valence-corrected chi connectivity index (χ0v) is 19.3. The number of epoxide rings is 1. The fourth-order valence-corrected chi connectivity index (χ4v) is 4.32. The second-order valence-electron chi connectivity index (χ2n) is 8.64. The molecule has 1 aliphatic rings. The summed E-state index contributed by atoms with van der Waals surface area (Å²) in [5.74, 6) is -0.0957. The number of hydrogen-bond donors (Lipinski definition) is 0. The van der Waals surface area contributed by atoms with Crippen LogP contribution in [-0.4, -0.2) is 39.7 Å². The molecule has 0 spiro atoms. The summed E-state index contributed by atoms with van der Waals surface area (Å²) >= 11 is 0. The Kier molecular flexibility index (Phi) is 12.2. The number of esters is 1. The van der Waals surface area contributed by atoms with E-state index in [0.717, 1.165) is 19.3 Å². The van der Waals surface area contributed by atoms with Crippen LogP contribution in [0.15, 0.2) is 12.2 Å². The molecule has 0 aromatic rings. The Morgan fingerprint density at radius 2 is 1.78 bits per heavy atom. The molecule has 0 aromatic heterocycles. The van der Waals surface area contributed by atoms with Gasteiger partial charge in [0.1, 0.15) is 6.10 Å². The summed E-state index contributed by atoms with van der Waals surface area (Å²) in [6.07, 6.45) is 17.6. The zero-order chi connectivity index (χ0) is 20.1. The molecule has 0 radical (unpaired) electrons. The maximum absolute atomic E-state index is 11.1. The van der Waals surface area contributed by atoms with Crippen molar-refractivity contribution in [1.82, 2.24) is 0 Å². The van der Waals surface area contributed by atoms with Crippen molar-refractivity contribution in [1.29, 1.82) is 0 Å². The quantitative estimate of drug-likeness (QED) is 0.105. The first kappa shape index (κ1) is 24.4. The second kappa shape index (κ2) is 13.5. The van der Waals surface area contributed by atoms with Crippen molar-refractivity contribution in [2.45, 2.75) is 116 Å². The molecular weight excluding hydrogens is 356 g/mol. The maximum atomic E-state index is 11.1. The topological polar surface area (TPSA) is 48.1 Å². The van der Waals surface area contributed by atoms with Gasteiger partial charge in [0.25, 0.3) is 0 Å². The summed E-state index contributed by atoms with van der Waals surface area (Å²) in [5.41, 5.74) is 0. The van der Waals surface area contributed by atoms with Crippen LogP contribution >= 0.6 is 0 Å². The van der Waals surface area contributed by atoms with Gasteiger partial charge in [0.15, 0.2) is 8.32 Å². The lowest BCUT2D eigenvalue weighted by atomic mass is 10.1. The maximum Gasteiger partial charge on any atom is 0.305 e. The Morgan fingerprint density at radius 3 is 2.44 bits per heavy atom. The average molecular weight is 399 g/mol. The van der Waals surface area contributed by atoms with E-state index in [1.165, 1.54) is 52.1 Å². The predicted molar refractivity (Wildman–Crippen MR) is 114 cm³/mol. The molecule has 1 saturated heterocycles. The lowest BCUT2D eigenvalue weighted by molar-refractivity contribution is -0.140. The van der Waals surface area contributed by atoms with E-state index in [1.54, 1.807) is 0 Å². The smallest absolute Gasteiger partial charge is 0.305 e. The Morgan fingerprint density at radius 1 is 1.07 bits per heavy atom. The van der Waals surface area contributed by atoms with Crippen molar-refractivity contribution >= 4 is 14.3 Å². The summed E-state index contributed by atoms with van der Waals surface area (Å²) in [6.45, 7) is 8.98. The van der Waals surface area contributed by atoms with Crippen molar-refractivity contribution in [3.63, 3.8) is 0 Å². The molecule has 1 fully saturated rings. The van der Waals surface area contributed by atoms with Crippen LogP contribution in [0.5, 0.6) is 0 Å². The molecule has 5 heteroatoms. The molecule has 3 atom stereocenters. The SMILES string of the molecule is CCCCCC1OC1C(/C=C\CCCCCCCC(=O)OC)O[Si](C)(C)C. The van der Waals surface area contributed by atoms with Crippen molar-refractivity contribution < 1.29 is 18.7 Å². The molecular formula is C22H42O4Si. The van der Waals surface area contributed by atoms with Crippen LogP contribution in [0.4, 0.5) is 0 Å². The van der Waals surface area contributed by atoms with E-state index in [2.05, 4.69) is 43.5 Å². The number of rotatable bonds is 16. The van der Waals surface area contributed by atoms with Crippen LogP contribution in [0.25, 0.3) is 0 Å². The molecule has 1 aliphatic heterocycles. The van der Waals surface area contributed by atoms with Crippen LogP contribution in [0.2, 0.25) is 19.6 Å². The van der Waals surface area contributed by atoms with Crippen molar-refractivity contribution in [2.75, 3.05) is 7.11 Å². The van der Waals surface area contributed by atoms with Crippen molar-refractivity contribution in [3.05, 3.63) is 12.2 Å². The number of ether oxygens (including phenoxy) is 2. The normalized spacial score (nSPS) is 20.8. The van der Waals surface area contributed by atoms with Gasteiger partial charge in [-0.05, 0) is 45.3 Å². The average Bonchev–Trinajstić information content (AvgIpc) is 3.37. The van der Waals surface area contributed by atoms with E-state index in [0.29, 0.717) is 12.5 Å². The Hall–Kier alpha value is -0.653. The van der Waals surface area contributed by atoms with Crippen molar-refractivity contribution in [3.8, 4) is 0 Å². The van der Waals surface area contributed by atoms with Crippen LogP contribution in [0.3, 0.4) is 0 Å². The third-order valence-corrected chi connectivity index (χ3v) is 5.81. The first-order valence-electron chi connectivity index (χ1n) is 10.9. The van der Waals surface area contributed by atoms with Crippen molar-refractivity contribution in [2.24, 2.45) is 0 Å². The van der Waals surface area contributed by atoms with Gasteiger partial charge >= 0.3 is 5.97 Å². The molecule has 0 N–H and O–H groups in total. The highest BCUT2D eigenvalue weighted by atomic mass is 28.4. The lowest BCUT2D eigenvalue weighted by Gasteiger charge is -2.23. The molecule has 0 aromatic carbocycles. The first-order chi connectivity index (χ1) is 12.9. The third kappa shape index (κ3) is 12.4. The van der Waals surface area contributed by atoms with Gasteiger partial charge in [0.2, 0.25) is 0 Å². The highest BCUT2D eigenvalue weighted by Crippen LogP contribution is 2.33. The van der Waals surface area contributed by atoms with Crippen LogP contribution in [0, 0.1) is 0 Å². The summed E-state index contributed by atoms with van der Waals surface area (Å²) < 4.78 is 17.0. The van der Waals surface area contributed by atoms with Gasteiger partial charge in [-0.3, -0.25) is 4.79 Å². The number of allylic oxidation sites excluding steroid dienone is 1. The molecule has 1 heterocycles. The Balaban J connectivity index is 2.22. The highest BCUT2D eigenvalue weighted by molar-refractivity contribution is 6.69. The summed E-state index contributed by atoms with van der Waals surface area (Å²) in [7, 11) is -0.130. The summed E-state index contributed by atoms with van der Waals surface area (Å²) in [4.78, 5) is 11.1. The van der Waals surface area contributed by atoms with E-state index in [9.17, 15) is 4.79 Å². The highest BCUT2D eigenvalue weighted by Gasteiger charge is 2.44. The number of methoxy groups -OCH3 is 1. The van der Waals surface area contributed by atoms with Gasteiger partial charge in [-0.2, -0.15) is 0 Å². The molecule has 158 valence electrons. The summed E-state index contributed by atoms with van der Waals surface area (Å²) in [6, 6.07) is 0. The zero-order valence-electron chi connectivity index (χ0n) is 18.3. The van der Waals surface area contributed by atoms with E-state index < -0.39 is 8.32 Å². The third-order valence-electron chi connectivity index (χ3n) is 4.83. The molecule has 0 saturated carbocycles. The van der Waals surface area contributed by atoms with E-state index in [4.69, 9.17) is 9.16 Å². The van der Waals surface area contributed by atoms with Gasteiger partial charge in [-0.25, -0.2) is 0 Å². The number of carbonyl (C=O) groups is 1. The molecule has 0 aliphatic carbocycles. The Labute approximate surface area is 168 Å². The minimum absolute atomic E-state index is 0.0957. The molecule has 0 amide bonds. The fourth-order valence-electron chi connectivity index (χ4n) is 3.29. The van der Waals surface area contributed by atoms with Gasteiger partial charge in [0, 0.05) is 6.42 Å². The molecule has 1 rings (SSSR count). The Bertz CT molecular complexity index is 431. The van der Waals surface area contributed by atoms with E-state index in [1.807, 2.05) is 0 Å². The van der Waals surface area contributed by atoms with E-state index in [-0.39, 0.29) is 18.2 Å². The minimum Gasteiger partial charge on any atom is -0.469 e. The summed E-state index contributed by atoms with van der Waals surface area (Å²) in [5, 5.41) is 0. The minimum atomic E-state index is -1.58. The molecule has 0 bridgehead atoms. The van der Waals surface area contributed by atoms with Gasteiger partial charge in [-0.1, -0.05) is 57.6 Å². The fraction of sp³-hybridized carbons (Fsp3) is 0.864. The van der Waals surface area contributed by atoms with Crippen LogP contribution in [0.1, 0.15) is 77.6 Å². The monoisotopic (exact) mass is 398 g/mol. The van der Waals surface area contributed by atoms with Gasteiger partial charge in [0.05, 0.1) is 19.3 Å².